The van der Waals surface area contributed by atoms with E-state index in [9.17, 15) is 18.0 Å². The van der Waals surface area contributed by atoms with Crippen molar-refractivity contribution in [3.05, 3.63) is 35.9 Å². The molecule has 0 saturated heterocycles. The molecular formula is C13H14F3N3O2. The fourth-order valence-corrected chi connectivity index (χ4v) is 2.29. The first-order valence-corrected chi connectivity index (χ1v) is 6.21. The molecule has 0 N–H and O–H groups in total. The van der Waals surface area contributed by atoms with Crippen molar-refractivity contribution < 1.29 is 22.7 Å². The van der Waals surface area contributed by atoms with Gasteiger partial charge in [0.2, 0.25) is 0 Å². The zero-order valence-electron chi connectivity index (χ0n) is 11.5. The highest BCUT2D eigenvalue weighted by atomic mass is 19.4. The first kappa shape index (κ1) is 15.3. The molecule has 1 heterocycles. The van der Waals surface area contributed by atoms with Crippen LogP contribution in [0.25, 0.3) is 0 Å². The highest BCUT2D eigenvalue weighted by molar-refractivity contribution is 5.82. The number of methoxy groups -OCH3 is 1. The van der Waals surface area contributed by atoms with E-state index < -0.39 is 30.3 Å². The Kier molecular flexibility index (Phi) is 3.89. The van der Waals surface area contributed by atoms with Gasteiger partial charge in [-0.25, -0.2) is 9.80 Å². The zero-order chi connectivity index (χ0) is 15.7. The van der Waals surface area contributed by atoms with Gasteiger partial charge in [-0.2, -0.15) is 18.3 Å². The zero-order valence-corrected chi connectivity index (χ0v) is 11.5. The standard InChI is InChI=1S/C13H14F3N3O2/c1-9(10-6-4-3-5-7-10)19-12(8-17-18-19,11(20)21-2)13(14,15)16/h3-7,9H,8H2,1-2H3/t9-,12-/m0/s1. The lowest BCUT2D eigenvalue weighted by atomic mass is 9.95. The lowest BCUT2D eigenvalue weighted by molar-refractivity contribution is -0.236. The average Bonchev–Trinajstić information content (AvgIpc) is 2.92. The minimum Gasteiger partial charge on any atom is -0.467 e. The molecule has 5 nitrogen and oxygen atoms in total. The van der Waals surface area contributed by atoms with E-state index in [1.54, 1.807) is 30.3 Å². The Morgan fingerprint density at radius 2 is 2.00 bits per heavy atom. The smallest absolute Gasteiger partial charge is 0.426 e. The first-order chi connectivity index (χ1) is 9.84. The molecule has 0 fully saturated rings. The van der Waals surface area contributed by atoms with Crippen LogP contribution in [-0.4, -0.2) is 36.3 Å². The first-order valence-electron chi connectivity index (χ1n) is 6.21. The molecule has 0 amide bonds. The molecule has 1 aromatic rings. The summed E-state index contributed by atoms with van der Waals surface area (Å²) in [6.45, 7) is 0.726. The molecule has 0 radical (unpaired) electrons. The molecule has 1 aliphatic rings. The Bertz CT molecular complexity index is 547. The van der Waals surface area contributed by atoms with Crippen molar-refractivity contribution in [2.45, 2.75) is 24.7 Å². The van der Waals surface area contributed by atoms with Crippen LogP contribution in [-0.2, 0) is 9.53 Å². The van der Waals surface area contributed by atoms with Crippen LogP contribution in [0.4, 0.5) is 13.2 Å². The lowest BCUT2D eigenvalue weighted by Crippen LogP contribution is -2.63. The second-order valence-electron chi connectivity index (χ2n) is 4.67. The van der Waals surface area contributed by atoms with Crippen molar-refractivity contribution in [2.24, 2.45) is 10.3 Å². The van der Waals surface area contributed by atoms with E-state index in [4.69, 9.17) is 0 Å². The second-order valence-corrected chi connectivity index (χ2v) is 4.67. The van der Waals surface area contributed by atoms with E-state index in [1.165, 1.54) is 6.92 Å². The fraction of sp³-hybridized carbons (Fsp3) is 0.462. The van der Waals surface area contributed by atoms with Gasteiger partial charge in [-0.05, 0) is 12.5 Å². The summed E-state index contributed by atoms with van der Waals surface area (Å²) in [4.78, 5) is 11.8. The predicted molar refractivity (Wildman–Crippen MR) is 67.2 cm³/mol. The number of alkyl halides is 3. The normalized spacial score (nSPS) is 23.2. The summed E-state index contributed by atoms with van der Waals surface area (Å²) in [6.07, 6.45) is -4.85. The Morgan fingerprint density at radius 3 is 2.52 bits per heavy atom. The number of benzene rings is 1. The molecule has 0 aliphatic carbocycles. The molecule has 0 saturated carbocycles. The van der Waals surface area contributed by atoms with Crippen LogP contribution in [0.3, 0.4) is 0 Å². The Hall–Kier alpha value is -2.12. The quantitative estimate of drug-likeness (QED) is 0.807. The molecule has 21 heavy (non-hydrogen) atoms. The van der Waals surface area contributed by atoms with E-state index in [0.717, 1.165) is 7.11 Å². The summed E-state index contributed by atoms with van der Waals surface area (Å²) < 4.78 is 44.9. The second kappa shape index (κ2) is 5.34. The van der Waals surface area contributed by atoms with Gasteiger partial charge in [0, 0.05) is 0 Å². The maximum atomic E-state index is 13.5. The van der Waals surface area contributed by atoms with Crippen molar-refractivity contribution in [1.29, 1.82) is 0 Å². The molecule has 8 heteroatoms. The Labute approximate surface area is 119 Å². The molecular weight excluding hydrogens is 287 g/mol. The van der Waals surface area contributed by atoms with Crippen LogP contribution in [0, 0.1) is 0 Å². The number of ether oxygens (including phenoxy) is 1. The van der Waals surface area contributed by atoms with Crippen LogP contribution in [0.2, 0.25) is 0 Å². The number of nitrogens with zero attached hydrogens (tertiary/aromatic N) is 3. The van der Waals surface area contributed by atoms with Crippen molar-refractivity contribution in [3.63, 3.8) is 0 Å². The third kappa shape index (κ3) is 2.34. The molecule has 2 atom stereocenters. The summed E-state index contributed by atoms with van der Waals surface area (Å²) in [7, 11) is 0.916. The van der Waals surface area contributed by atoms with E-state index in [2.05, 4.69) is 15.1 Å². The monoisotopic (exact) mass is 301 g/mol. The van der Waals surface area contributed by atoms with Gasteiger partial charge in [-0.1, -0.05) is 35.6 Å². The summed E-state index contributed by atoms with van der Waals surface area (Å²) >= 11 is 0. The minimum absolute atomic E-state index is 0.593. The Balaban J connectivity index is 2.45. The van der Waals surface area contributed by atoms with Gasteiger partial charge in [0.1, 0.15) is 6.54 Å². The summed E-state index contributed by atoms with van der Waals surface area (Å²) in [6, 6.07) is 7.70. The van der Waals surface area contributed by atoms with Crippen LogP contribution in [0.15, 0.2) is 40.7 Å². The maximum absolute atomic E-state index is 13.5. The van der Waals surface area contributed by atoms with E-state index >= 15 is 0 Å². The molecule has 0 aromatic heterocycles. The van der Waals surface area contributed by atoms with Crippen LogP contribution in [0.1, 0.15) is 18.5 Å². The number of hydrogen-bond donors (Lipinski definition) is 0. The van der Waals surface area contributed by atoms with E-state index in [-0.39, 0.29) is 0 Å². The van der Waals surface area contributed by atoms with Gasteiger partial charge in [0.25, 0.3) is 5.54 Å². The number of carbonyl (C=O) groups excluding carboxylic acids is 1. The van der Waals surface area contributed by atoms with Gasteiger partial charge in [-0.15, -0.1) is 0 Å². The highest BCUT2D eigenvalue weighted by Crippen LogP contribution is 2.44. The molecule has 1 aliphatic heterocycles. The van der Waals surface area contributed by atoms with Gasteiger partial charge in [-0.3, -0.25) is 0 Å². The van der Waals surface area contributed by atoms with Crippen molar-refractivity contribution in [3.8, 4) is 0 Å². The number of halogens is 3. The molecule has 0 unspecified atom stereocenters. The predicted octanol–water partition coefficient (Wildman–Crippen LogP) is 2.90. The van der Waals surface area contributed by atoms with Gasteiger partial charge in [0.15, 0.2) is 0 Å². The van der Waals surface area contributed by atoms with Crippen molar-refractivity contribution in [1.82, 2.24) is 5.01 Å². The van der Waals surface area contributed by atoms with Gasteiger partial charge < -0.3 is 4.74 Å². The molecule has 0 bridgehead atoms. The largest absolute Gasteiger partial charge is 0.467 e. The fourth-order valence-electron chi connectivity index (χ4n) is 2.29. The highest BCUT2D eigenvalue weighted by Gasteiger charge is 2.68. The number of hydrogen-bond acceptors (Lipinski definition) is 5. The van der Waals surface area contributed by atoms with Crippen molar-refractivity contribution >= 4 is 5.97 Å². The van der Waals surface area contributed by atoms with Gasteiger partial charge >= 0.3 is 12.1 Å². The number of rotatable bonds is 3. The Morgan fingerprint density at radius 1 is 1.38 bits per heavy atom. The average molecular weight is 301 g/mol. The third-order valence-electron chi connectivity index (χ3n) is 3.49. The SMILES string of the molecule is COC(=O)[C@]1(C(F)(F)F)CN=NN1[C@@H](C)c1ccccc1. The minimum atomic E-state index is -4.85. The number of esters is 1. The summed E-state index contributed by atoms with van der Waals surface area (Å²) in [5.74, 6) is -1.41. The summed E-state index contributed by atoms with van der Waals surface area (Å²) in [5.41, 5.74) is -2.28. The topological polar surface area (TPSA) is 54.3 Å². The van der Waals surface area contributed by atoms with Crippen molar-refractivity contribution in [2.75, 3.05) is 13.7 Å². The molecule has 114 valence electrons. The maximum Gasteiger partial charge on any atom is 0.426 e. The van der Waals surface area contributed by atoms with Crippen LogP contribution in [0.5, 0.6) is 0 Å². The number of carbonyl (C=O) groups is 1. The molecule has 0 spiro atoms. The molecule has 1 aromatic carbocycles. The third-order valence-corrected chi connectivity index (χ3v) is 3.49. The lowest BCUT2D eigenvalue weighted by Gasteiger charge is -2.38. The summed E-state index contributed by atoms with van der Waals surface area (Å²) in [5, 5.41) is 7.64. The van der Waals surface area contributed by atoms with Crippen LogP contribution < -0.4 is 0 Å². The molecule has 2 rings (SSSR count). The van der Waals surface area contributed by atoms with E-state index in [1.807, 2.05) is 0 Å². The van der Waals surface area contributed by atoms with E-state index in [0.29, 0.717) is 10.6 Å². The van der Waals surface area contributed by atoms with Crippen LogP contribution >= 0.6 is 0 Å². The van der Waals surface area contributed by atoms with Gasteiger partial charge in [0.05, 0.1) is 13.2 Å².